The largest absolute Gasteiger partial charge is 0.455 e. The number of para-hydroxylation sites is 1. The van der Waals surface area contributed by atoms with Gasteiger partial charge in [0.25, 0.3) is 0 Å². The van der Waals surface area contributed by atoms with Crippen molar-refractivity contribution in [3.8, 4) is 66.8 Å². The lowest BCUT2D eigenvalue weighted by molar-refractivity contribution is 0.670. The highest BCUT2D eigenvalue weighted by Gasteiger charge is 2.23. The molecule has 1 heterocycles. The Balaban J connectivity index is 0.929. The van der Waals surface area contributed by atoms with E-state index in [4.69, 9.17) is 4.42 Å². The lowest BCUT2D eigenvalue weighted by atomic mass is 9.92. The van der Waals surface area contributed by atoms with Crippen LogP contribution in [0.4, 0.5) is 17.1 Å². The van der Waals surface area contributed by atoms with Crippen LogP contribution in [0.5, 0.6) is 0 Å². The van der Waals surface area contributed by atoms with Crippen LogP contribution < -0.4 is 4.90 Å². The van der Waals surface area contributed by atoms with E-state index in [2.05, 4.69) is 278 Å². The Morgan fingerprint density at radius 1 is 0.257 bits per heavy atom. The predicted octanol–water partition coefficient (Wildman–Crippen LogP) is 19.4. The van der Waals surface area contributed by atoms with Crippen molar-refractivity contribution in [1.82, 2.24) is 0 Å². The highest BCUT2D eigenvalue weighted by atomic mass is 16.3. The molecule has 12 aromatic carbocycles. The molecule has 0 amide bonds. The van der Waals surface area contributed by atoms with E-state index in [1.807, 2.05) is 0 Å². The summed E-state index contributed by atoms with van der Waals surface area (Å²) >= 11 is 0. The number of hydrogen-bond acceptors (Lipinski definition) is 2. The summed E-state index contributed by atoms with van der Waals surface area (Å²) in [6.07, 6.45) is 0. The summed E-state index contributed by atoms with van der Waals surface area (Å²) in [6, 6.07) is 98.5. The maximum Gasteiger partial charge on any atom is 0.145 e. The van der Waals surface area contributed by atoms with Crippen LogP contribution in [0.2, 0.25) is 0 Å². The van der Waals surface area contributed by atoms with E-state index < -0.39 is 0 Å². The Hall–Kier alpha value is -9.24. The summed E-state index contributed by atoms with van der Waals surface area (Å²) in [7, 11) is 0. The Kier molecular flexibility index (Phi) is 10.2. The first-order chi connectivity index (χ1) is 34.7. The second kappa shape index (κ2) is 17.4. The van der Waals surface area contributed by atoms with Gasteiger partial charge in [-0.25, -0.2) is 0 Å². The van der Waals surface area contributed by atoms with Gasteiger partial charge in [-0.3, -0.25) is 0 Å². The molecule has 0 radical (unpaired) electrons. The van der Waals surface area contributed by atoms with Gasteiger partial charge in [0.15, 0.2) is 0 Å². The number of hydrogen-bond donors (Lipinski definition) is 0. The van der Waals surface area contributed by atoms with Gasteiger partial charge >= 0.3 is 0 Å². The average molecular weight is 892 g/mol. The van der Waals surface area contributed by atoms with Crippen molar-refractivity contribution in [3.63, 3.8) is 0 Å². The number of anilines is 3. The molecule has 0 saturated heterocycles. The molecule has 0 unspecified atom stereocenters. The highest BCUT2D eigenvalue weighted by Crippen LogP contribution is 2.48. The molecule has 13 aromatic rings. The number of nitrogens with zero attached hydrogens (tertiary/aromatic N) is 1. The first-order valence-corrected chi connectivity index (χ1v) is 24.0. The van der Waals surface area contributed by atoms with E-state index in [1.165, 1.54) is 66.1 Å². The predicted molar refractivity (Wildman–Crippen MR) is 296 cm³/mol. The minimum atomic E-state index is 0.858. The molecule has 0 spiro atoms. The molecule has 328 valence electrons. The maximum atomic E-state index is 6.93. The SMILES string of the molecule is c1ccc(-c2cccc(-c3ccccc3-c3ccc(N(c4ccc(-c5ccc(-c6ccc7ccccc7c6)cc5)cc4)c4ccc(-c5cccc6ccccc56)c5oc6ccccc6c45)cc3)c2)cc1. The van der Waals surface area contributed by atoms with E-state index in [0.717, 1.165) is 61.3 Å². The van der Waals surface area contributed by atoms with Crippen molar-refractivity contribution < 1.29 is 4.42 Å². The van der Waals surface area contributed by atoms with Gasteiger partial charge in [-0.05, 0) is 137 Å². The van der Waals surface area contributed by atoms with E-state index in [0.29, 0.717) is 0 Å². The van der Waals surface area contributed by atoms with Gasteiger partial charge in [0, 0.05) is 22.3 Å². The van der Waals surface area contributed by atoms with Gasteiger partial charge in [-0.15, -0.1) is 0 Å². The Morgan fingerprint density at radius 3 is 1.50 bits per heavy atom. The molecular formula is C68H45NO. The molecule has 0 fully saturated rings. The summed E-state index contributed by atoms with van der Waals surface area (Å²) in [4.78, 5) is 2.39. The molecule has 0 aliphatic carbocycles. The highest BCUT2D eigenvalue weighted by molar-refractivity contribution is 6.18. The van der Waals surface area contributed by atoms with E-state index in [-0.39, 0.29) is 0 Å². The molecule has 0 saturated carbocycles. The third kappa shape index (κ3) is 7.40. The number of fused-ring (bicyclic) bond motifs is 5. The van der Waals surface area contributed by atoms with Crippen molar-refractivity contribution >= 4 is 60.5 Å². The van der Waals surface area contributed by atoms with Crippen molar-refractivity contribution in [3.05, 3.63) is 273 Å². The van der Waals surface area contributed by atoms with E-state index in [9.17, 15) is 0 Å². The van der Waals surface area contributed by atoms with Crippen LogP contribution in [0.15, 0.2) is 277 Å². The van der Waals surface area contributed by atoms with Gasteiger partial charge in [0.1, 0.15) is 11.2 Å². The molecule has 1 aromatic heterocycles. The first-order valence-electron chi connectivity index (χ1n) is 24.0. The monoisotopic (exact) mass is 891 g/mol. The third-order valence-corrected chi connectivity index (χ3v) is 13.9. The van der Waals surface area contributed by atoms with Gasteiger partial charge in [-0.1, -0.05) is 218 Å². The lowest BCUT2D eigenvalue weighted by Crippen LogP contribution is -2.10. The normalized spacial score (nSPS) is 11.4. The fourth-order valence-corrected chi connectivity index (χ4v) is 10.4. The van der Waals surface area contributed by atoms with Crippen LogP contribution in [0.3, 0.4) is 0 Å². The van der Waals surface area contributed by atoms with Crippen LogP contribution in [0, 0.1) is 0 Å². The van der Waals surface area contributed by atoms with Crippen LogP contribution in [0.25, 0.3) is 110 Å². The third-order valence-electron chi connectivity index (χ3n) is 13.9. The number of benzene rings is 12. The maximum absolute atomic E-state index is 6.93. The fraction of sp³-hybridized carbons (Fsp3) is 0. The topological polar surface area (TPSA) is 16.4 Å². The zero-order valence-electron chi connectivity index (χ0n) is 38.3. The zero-order chi connectivity index (χ0) is 46.4. The smallest absolute Gasteiger partial charge is 0.145 e. The first kappa shape index (κ1) is 41.0. The van der Waals surface area contributed by atoms with Crippen molar-refractivity contribution in [1.29, 1.82) is 0 Å². The van der Waals surface area contributed by atoms with Crippen LogP contribution in [0.1, 0.15) is 0 Å². The Labute approximate surface area is 407 Å². The van der Waals surface area contributed by atoms with Crippen LogP contribution in [-0.4, -0.2) is 0 Å². The van der Waals surface area contributed by atoms with Gasteiger partial charge in [0.2, 0.25) is 0 Å². The van der Waals surface area contributed by atoms with E-state index in [1.54, 1.807) is 0 Å². The molecule has 0 aliphatic heterocycles. The van der Waals surface area contributed by atoms with E-state index >= 15 is 0 Å². The Bertz CT molecular complexity index is 4030. The summed E-state index contributed by atoms with van der Waals surface area (Å²) in [6.45, 7) is 0. The molecule has 70 heavy (non-hydrogen) atoms. The molecule has 0 bridgehead atoms. The molecule has 2 nitrogen and oxygen atoms in total. The fourth-order valence-electron chi connectivity index (χ4n) is 10.4. The van der Waals surface area contributed by atoms with Gasteiger partial charge in [-0.2, -0.15) is 0 Å². The molecule has 2 heteroatoms. The zero-order valence-corrected chi connectivity index (χ0v) is 38.3. The molecule has 0 aliphatic rings. The van der Waals surface area contributed by atoms with Gasteiger partial charge < -0.3 is 9.32 Å². The summed E-state index contributed by atoms with van der Waals surface area (Å²) in [5, 5.41) is 7.04. The molecule has 0 atom stereocenters. The lowest BCUT2D eigenvalue weighted by Gasteiger charge is -2.27. The summed E-state index contributed by atoms with van der Waals surface area (Å²) in [5.41, 5.74) is 18.9. The number of rotatable bonds is 9. The molecule has 0 N–H and O–H groups in total. The minimum Gasteiger partial charge on any atom is -0.455 e. The van der Waals surface area contributed by atoms with Crippen molar-refractivity contribution in [2.45, 2.75) is 0 Å². The number of furan rings is 1. The summed E-state index contributed by atoms with van der Waals surface area (Å²) in [5.74, 6) is 0. The second-order valence-electron chi connectivity index (χ2n) is 18.0. The van der Waals surface area contributed by atoms with Crippen LogP contribution >= 0.6 is 0 Å². The van der Waals surface area contributed by atoms with Crippen molar-refractivity contribution in [2.24, 2.45) is 0 Å². The van der Waals surface area contributed by atoms with Crippen molar-refractivity contribution in [2.75, 3.05) is 4.90 Å². The second-order valence-corrected chi connectivity index (χ2v) is 18.0. The van der Waals surface area contributed by atoms with Gasteiger partial charge in [0.05, 0.1) is 11.1 Å². The van der Waals surface area contributed by atoms with Crippen LogP contribution in [-0.2, 0) is 0 Å². The quantitative estimate of drug-likeness (QED) is 0.144. The summed E-state index contributed by atoms with van der Waals surface area (Å²) < 4.78 is 6.93. The standard InChI is InChI=1S/C68H45NO/c1-2-14-46(15-3-1)54-20-12-21-56(45-54)61-24-9-8-22-59(61)52-36-40-58(41-37-52)69(57-38-34-49(35-39-57)48-28-30-50(31-29-48)55-33-32-47-16-4-5-18-53(47)44-55)65-43-42-63(62-26-13-19-51-17-6-7-23-60(51)62)68-67(65)64-25-10-11-27-66(64)70-68/h1-45H. The Morgan fingerprint density at radius 2 is 0.743 bits per heavy atom. The molecule has 13 rings (SSSR count). The molecular weight excluding hydrogens is 847 g/mol. The average Bonchev–Trinajstić information content (AvgIpc) is 3.84. The minimum absolute atomic E-state index is 0.858.